The minimum Gasteiger partial charge on any atom is -0.497 e. The number of carbonyl (C=O) groups is 1. The summed E-state index contributed by atoms with van der Waals surface area (Å²) in [4.78, 5) is 17.7. The zero-order valence-electron chi connectivity index (χ0n) is 20.3. The number of nitrogens with one attached hydrogen (secondary N) is 1. The van der Waals surface area contributed by atoms with Crippen molar-refractivity contribution >= 4 is 32.4 Å². The molecule has 1 N–H and O–H groups in total. The number of hydrogen-bond donors (Lipinski definition) is 1. The van der Waals surface area contributed by atoms with Crippen LogP contribution in [-0.2, 0) is 14.8 Å². The van der Waals surface area contributed by atoms with Crippen LogP contribution in [0.3, 0.4) is 0 Å². The second-order valence-electron chi connectivity index (χ2n) is 8.82. The van der Waals surface area contributed by atoms with Gasteiger partial charge in [-0.1, -0.05) is 54.6 Å². The molecule has 1 aliphatic rings. The average Bonchev–Trinajstić information content (AvgIpc) is 3.42. The molecule has 1 aromatic heterocycles. The van der Waals surface area contributed by atoms with Crippen LogP contribution in [0.15, 0.2) is 89.1 Å². The highest BCUT2D eigenvalue weighted by atomic mass is 32.2. The van der Waals surface area contributed by atoms with Gasteiger partial charge in [0.2, 0.25) is 15.9 Å². The lowest BCUT2D eigenvalue weighted by atomic mass is 9.97. The van der Waals surface area contributed by atoms with Crippen LogP contribution in [0.5, 0.6) is 5.75 Å². The van der Waals surface area contributed by atoms with Gasteiger partial charge in [-0.25, -0.2) is 13.4 Å². The summed E-state index contributed by atoms with van der Waals surface area (Å²) >= 11 is 1.38. The number of thiazole rings is 1. The SMILES string of the molecule is COc1ccc(S(=O)(=O)N2CCC(C(=O)Nc3nc(-c4ccc(-c5ccccc5)cc4)cs3)CC2)cc1. The monoisotopic (exact) mass is 533 g/mol. The highest BCUT2D eigenvalue weighted by Gasteiger charge is 2.32. The van der Waals surface area contributed by atoms with E-state index in [4.69, 9.17) is 4.74 Å². The van der Waals surface area contributed by atoms with E-state index in [1.54, 1.807) is 24.3 Å². The molecule has 1 saturated heterocycles. The normalized spacial score (nSPS) is 14.8. The second-order valence-corrected chi connectivity index (χ2v) is 11.6. The molecule has 0 aliphatic carbocycles. The van der Waals surface area contributed by atoms with E-state index < -0.39 is 10.0 Å². The topological polar surface area (TPSA) is 88.6 Å². The first kappa shape index (κ1) is 25.1. The van der Waals surface area contributed by atoms with Crippen LogP contribution in [0.2, 0.25) is 0 Å². The molecular weight excluding hydrogens is 506 g/mol. The number of amides is 1. The molecule has 1 amide bonds. The highest BCUT2D eigenvalue weighted by Crippen LogP contribution is 2.29. The minimum atomic E-state index is -3.61. The zero-order chi connectivity index (χ0) is 25.8. The van der Waals surface area contributed by atoms with E-state index in [0.717, 1.165) is 22.4 Å². The Bertz CT molecular complexity index is 1460. The highest BCUT2D eigenvalue weighted by molar-refractivity contribution is 7.89. The van der Waals surface area contributed by atoms with E-state index in [2.05, 4.69) is 34.6 Å². The van der Waals surface area contributed by atoms with Crippen molar-refractivity contribution in [2.45, 2.75) is 17.7 Å². The van der Waals surface area contributed by atoms with Crippen molar-refractivity contribution in [2.75, 3.05) is 25.5 Å². The minimum absolute atomic E-state index is 0.123. The smallest absolute Gasteiger partial charge is 0.243 e. The largest absolute Gasteiger partial charge is 0.497 e. The molecule has 5 rings (SSSR count). The van der Waals surface area contributed by atoms with Crippen LogP contribution in [0, 0.1) is 5.92 Å². The lowest BCUT2D eigenvalue weighted by Gasteiger charge is -2.30. The Morgan fingerprint density at radius 2 is 1.54 bits per heavy atom. The number of benzene rings is 3. The number of anilines is 1. The van der Waals surface area contributed by atoms with Gasteiger partial charge >= 0.3 is 0 Å². The molecule has 0 bridgehead atoms. The van der Waals surface area contributed by atoms with Crippen molar-refractivity contribution in [3.8, 4) is 28.1 Å². The quantitative estimate of drug-likeness (QED) is 0.338. The molecule has 0 radical (unpaired) electrons. The number of sulfonamides is 1. The Labute approximate surface area is 220 Å². The maximum atomic E-state index is 13.0. The first-order chi connectivity index (χ1) is 17.9. The number of piperidine rings is 1. The van der Waals surface area contributed by atoms with Crippen molar-refractivity contribution < 1.29 is 17.9 Å². The molecule has 9 heteroatoms. The van der Waals surface area contributed by atoms with E-state index in [1.807, 2.05) is 35.7 Å². The molecule has 190 valence electrons. The van der Waals surface area contributed by atoms with Gasteiger partial charge in [0.25, 0.3) is 0 Å². The van der Waals surface area contributed by atoms with Gasteiger partial charge in [0.05, 0.1) is 17.7 Å². The van der Waals surface area contributed by atoms with Crippen molar-refractivity contribution in [3.05, 3.63) is 84.2 Å². The fraction of sp³-hybridized carbons (Fsp3) is 0.214. The standard InChI is InChI=1S/C28H27N3O4S2/c1-35-24-11-13-25(14-12-24)37(33,34)31-17-15-23(16-18-31)27(32)30-28-29-26(19-36-28)22-9-7-21(8-10-22)20-5-3-2-4-6-20/h2-14,19,23H,15-18H2,1H3,(H,29,30,32). The van der Waals surface area contributed by atoms with Crippen molar-refractivity contribution in [1.82, 2.24) is 9.29 Å². The summed E-state index contributed by atoms with van der Waals surface area (Å²) in [5, 5.41) is 5.39. The number of nitrogens with zero attached hydrogens (tertiary/aromatic N) is 2. The van der Waals surface area contributed by atoms with E-state index in [-0.39, 0.29) is 16.7 Å². The molecule has 0 saturated carbocycles. The van der Waals surface area contributed by atoms with Gasteiger partial charge in [0.15, 0.2) is 5.13 Å². The zero-order valence-corrected chi connectivity index (χ0v) is 22.0. The number of carbonyl (C=O) groups excluding carboxylic acids is 1. The molecule has 1 fully saturated rings. The third kappa shape index (κ3) is 5.58. The summed E-state index contributed by atoms with van der Waals surface area (Å²) in [6.45, 7) is 0.590. The van der Waals surface area contributed by atoms with Crippen LogP contribution in [-0.4, -0.2) is 43.8 Å². The van der Waals surface area contributed by atoms with Crippen molar-refractivity contribution in [3.63, 3.8) is 0 Å². The van der Waals surface area contributed by atoms with Crippen molar-refractivity contribution in [2.24, 2.45) is 5.92 Å². The van der Waals surface area contributed by atoms with Gasteiger partial charge in [0, 0.05) is 30.0 Å². The van der Waals surface area contributed by atoms with Crippen LogP contribution in [0.25, 0.3) is 22.4 Å². The van der Waals surface area contributed by atoms with Crippen LogP contribution < -0.4 is 10.1 Å². The lowest BCUT2D eigenvalue weighted by Crippen LogP contribution is -2.41. The number of hydrogen-bond acceptors (Lipinski definition) is 6. The Morgan fingerprint density at radius 3 is 2.19 bits per heavy atom. The molecule has 0 unspecified atom stereocenters. The Balaban J connectivity index is 1.17. The molecular formula is C28H27N3O4S2. The number of rotatable bonds is 7. The predicted molar refractivity (Wildman–Crippen MR) is 146 cm³/mol. The number of aromatic nitrogens is 1. The maximum Gasteiger partial charge on any atom is 0.243 e. The van der Waals surface area contributed by atoms with Crippen LogP contribution >= 0.6 is 11.3 Å². The first-order valence-electron chi connectivity index (χ1n) is 12.0. The average molecular weight is 534 g/mol. The Morgan fingerprint density at radius 1 is 0.919 bits per heavy atom. The summed E-state index contributed by atoms with van der Waals surface area (Å²) in [6, 6.07) is 24.7. The Hall–Kier alpha value is -3.53. The molecule has 4 aromatic rings. The van der Waals surface area contributed by atoms with E-state index in [9.17, 15) is 13.2 Å². The van der Waals surface area contributed by atoms with Gasteiger partial charge in [-0.15, -0.1) is 11.3 Å². The molecule has 0 spiro atoms. The van der Waals surface area contributed by atoms with Crippen LogP contribution in [0.4, 0.5) is 5.13 Å². The van der Waals surface area contributed by atoms with Gasteiger partial charge in [-0.3, -0.25) is 4.79 Å². The number of methoxy groups -OCH3 is 1. The summed E-state index contributed by atoms with van der Waals surface area (Å²) in [5.41, 5.74) is 4.07. The molecule has 2 heterocycles. The Kier molecular flexibility index (Phi) is 7.36. The molecule has 37 heavy (non-hydrogen) atoms. The summed E-state index contributed by atoms with van der Waals surface area (Å²) in [5.74, 6) is 0.213. The third-order valence-corrected chi connectivity index (χ3v) is 9.21. The van der Waals surface area contributed by atoms with E-state index in [0.29, 0.717) is 36.8 Å². The fourth-order valence-corrected chi connectivity index (χ4v) is 6.58. The second kappa shape index (κ2) is 10.8. The third-order valence-electron chi connectivity index (χ3n) is 6.54. The number of ether oxygens (including phenoxy) is 1. The predicted octanol–water partition coefficient (Wildman–Crippen LogP) is 5.53. The fourth-order valence-electron chi connectivity index (χ4n) is 4.39. The summed E-state index contributed by atoms with van der Waals surface area (Å²) < 4.78 is 32.5. The van der Waals surface area contributed by atoms with Crippen LogP contribution in [0.1, 0.15) is 12.8 Å². The molecule has 0 atom stereocenters. The van der Waals surface area contributed by atoms with E-state index in [1.165, 1.54) is 22.8 Å². The first-order valence-corrected chi connectivity index (χ1v) is 14.3. The van der Waals surface area contributed by atoms with Gasteiger partial charge in [-0.05, 0) is 48.2 Å². The molecule has 7 nitrogen and oxygen atoms in total. The lowest BCUT2D eigenvalue weighted by molar-refractivity contribution is -0.120. The van der Waals surface area contributed by atoms with E-state index >= 15 is 0 Å². The molecule has 1 aliphatic heterocycles. The van der Waals surface area contributed by atoms with Gasteiger partial charge in [0.1, 0.15) is 5.75 Å². The van der Waals surface area contributed by atoms with Crippen molar-refractivity contribution in [1.29, 1.82) is 0 Å². The maximum absolute atomic E-state index is 13.0. The van der Waals surface area contributed by atoms with Gasteiger partial charge in [-0.2, -0.15) is 4.31 Å². The summed E-state index contributed by atoms with van der Waals surface area (Å²) in [7, 11) is -2.07. The molecule has 3 aromatic carbocycles. The van der Waals surface area contributed by atoms with Gasteiger partial charge < -0.3 is 10.1 Å². The summed E-state index contributed by atoms with van der Waals surface area (Å²) in [6.07, 6.45) is 0.917.